The second-order valence-electron chi connectivity index (χ2n) is 10.3. The monoisotopic (exact) mass is 538 g/mol. The lowest BCUT2D eigenvalue weighted by Crippen LogP contribution is -2.53. The van der Waals surface area contributed by atoms with Gasteiger partial charge in [-0.05, 0) is 59.7 Å². The van der Waals surface area contributed by atoms with E-state index in [1.54, 1.807) is 11.9 Å². The van der Waals surface area contributed by atoms with Crippen LogP contribution in [0.25, 0.3) is 0 Å². The van der Waals surface area contributed by atoms with Crippen molar-refractivity contribution in [2.24, 2.45) is 0 Å². The molecule has 0 atom stereocenters. The fraction of sp³-hybridized carbons (Fsp3) is 0.333. The maximum Gasteiger partial charge on any atom is 0.274 e. The van der Waals surface area contributed by atoms with Crippen LogP contribution in [0.1, 0.15) is 68.6 Å². The summed E-state index contributed by atoms with van der Waals surface area (Å²) in [6, 6.07) is 20.3. The number of hydrogen-bond donors (Lipinski definition) is 1. The van der Waals surface area contributed by atoms with Crippen LogP contribution in [-0.4, -0.2) is 42.9 Å². The van der Waals surface area contributed by atoms with Crippen molar-refractivity contribution in [1.29, 1.82) is 0 Å². The van der Waals surface area contributed by atoms with Crippen molar-refractivity contribution in [2.75, 3.05) is 36.0 Å². The van der Waals surface area contributed by atoms with Gasteiger partial charge in [0.15, 0.2) is 5.78 Å². The highest BCUT2D eigenvalue weighted by Gasteiger charge is 2.57. The molecule has 0 fully saturated rings. The first-order valence-electron chi connectivity index (χ1n) is 14.2. The molecule has 1 amide bonds. The normalized spacial score (nSPS) is 14.8. The average Bonchev–Trinajstić information content (AvgIpc) is 3.18. The highest BCUT2D eigenvalue weighted by molar-refractivity contribution is 6.02. The Balaban J connectivity index is 1.83. The quantitative estimate of drug-likeness (QED) is 0.326. The van der Waals surface area contributed by atoms with Crippen molar-refractivity contribution in [2.45, 2.75) is 47.1 Å². The molecule has 2 aliphatic rings. The molecule has 40 heavy (non-hydrogen) atoms. The number of amides is 1. The Bertz CT molecular complexity index is 1430. The first-order valence-corrected chi connectivity index (χ1v) is 14.2. The molecular weight excluding hydrogens is 500 g/mol. The van der Waals surface area contributed by atoms with E-state index < -0.39 is 5.54 Å². The summed E-state index contributed by atoms with van der Waals surface area (Å²) < 4.78 is 6.70. The maximum absolute atomic E-state index is 14.1. The van der Waals surface area contributed by atoms with E-state index in [1.165, 1.54) is 13.0 Å². The third kappa shape index (κ3) is 4.21. The van der Waals surface area contributed by atoms with E-state index in [0.29, 0.717) is 22.8 Å². The summed E-state index contributed by atoms with van der Waals surface area (Å²) >= 11 is 0. The summed E-state index contributed by atoms with van der Waals surface area (Å²) in [6.45, 7) is 15.3. The van der Waals surface area contributed by atoms with E-state index in [9.17, 15) is 9.59 Å². The molecule has 0 aliphatic carbocycles. The average molecular weight is 539 g/mol. The van der Waals surface area contributed by atoms with Gasteiger partial charge in [0.1, 0.15) is 17.0 Å². The Morgan fingerprint density at radius 2 is 1.35 bits per heavy atom. The number of nitrogens with zero attached hydrogens (tertiary/aromatic N) is 3. The number of anilines is 2. The van der Waals surface area contributed by atoms with Crippen molar-refractivity contribution in [3.05, 3.63) is 94.7 Å². The number of benzene rings is 3. The summed E-state index contributed by atoms with van der Waals surface area (Å²) in [5.41, 5.74) is 8.25. The molecule has 2 heterocycles. The topological polar surface area (TPSA) is 65.1 Å². The molecule has 5 rings (SSSR count). The number of hydrogen-bond acceptors (Lipinski definition) is 6. The van der Waals surface area contributed by atoms with E-state index >= 15 is 0 Å². The zero-order valence-corrected chi connectivity index (χ0v) is 24.2. The van der Waals surface area contributed by atoms with Gasteiger partial charge in [-0.15, -0.1) is 0 Å². The molecule has 208 valence electrons. The van der Waals surface area contributed by atoms with Crippen LogP contribution in [0, 0.1) is 0 Å². The number of carbonyl (C=O) groups is 2. The van der Waals surface area contributed by atoms with Gasteiger partial charge in [-0.3, -0.25) is 15.0 Å². The fourth-order valence-corrected chi connectivity index (χ4v) is 6.18. The minimum Gasteiger partial charge on any atom is -0.456 e. The number of fused-ring (bicyclic) bond motifs is 6. The van der Waals surface area contributed by atoms with Crippen LogP contribution in [-0.2, 0) is 10.3 Å². The summed E-state index contributed by atoms with van der Waals surface area (Å²) in [7, 11) is 0. The zero-order valence-electron chi connectivity index (χ0n) is 24.2. The molecule has 7 heteroatoms. The third-order valence-electron chi connectivity index (χ3n) is 7.98. The number of rotatable bonds is 9. The molecule has 0 unspecified atom stereocenters. The summed E-state index contributed by atoms with van der Waals surface area (Å²) in [4.78, 5) is 30.7. The maximum atomic E-state index is 14.1. The summed E-state index contributed by atoms with van der Waals surface area (Å²) in [5, 5.41) is 1.68. The van der Waals surface area contributed by atoms with Gasteiger partial charge in [0.05, 0.1) is 0 Å². The molecule has 0 radical (unpaired) electrons. The second-order valence-corrected chi connectivity index (χ2v) is 10.3. The van der Waals surface area contributed by atoms with Gasteiger partial charge in [0, 0.05) is 83.7 Å². The Kier molecular flexibility index (Phi) is 7.32. The lowest BCUT2D eigenvalue weighted by molar-refractivity contribution is -0.112. The SMILES string of the molecule is CCN(CC)c1ccc2c(c1)Oc1cc(N(CC)CC)ccc1C21c2ccccc2C(=O)N1N/C(C)=C\C(C)=O. The van der Waals surface area contributed by atoms with E-state index in [4.69, 9.17) is 4.74 Å². The summed E-state index contributed by atoms with van der Waals surface area (Å²) in [6.07, 6.45) is 1.51. The minimum absolute atomic E-state index is 0.0938. The zero-order chi connectivity index (χ0) is 28.6. The van der Waals surface area contributed by atoms with Gasteiger partial charge in [0.2, 0.25) is 0 Å². The molecule has 3 aromatic rings. The van der Waals surface area contributed by atoms with Crippen LogP contribution in [0.2, 0.25) is 0 Å². The predicted octanol–water partition coefficient (Wildman–Crippen LogP) is 6.23. The van der Waals surface area contributed by atoms with Crippen LogP contribution in [0.3, 0.4) is 0 Å². The lowest BCUT2D eigenvalue weighted by Gasteiger charge is -2.44. The van der Waals surface area contributed by atoms with Gasteiger partial charge < -0.3 is 14.5 Å². The van der Waals surface area contributed by atoms with Crippen LogP contribution >= 0.6 is 0 Å². The first-order chi connectivity index (χ1) is 19.3. The Hall–Kier alpha value is -4.26. The number of allylic oxidation sites excluding steroid dienone is 2. The molecule has 0 saturated carbocycles. The van der Waals surface area contributed by atoms with Crippen LogP contribution in [0.4, 0.5) is 11.4 Å². The van der Waals surface area contributed by atoms with Crippen LogP contribution < -0.4 is 20.0 Å². The molecule has 7 nitrogen and oxygen atoms in total. The van der Waals surface area contributed by atoms with Crippen molar-refractivity contribution < 1.29 is 14.3 Å². The van der Waals surface area contributed by atoms with Gasteiger partial charge in [0.25, 0.3) is 5.91 Å². The largest absolute Gasteiger partial charge is 0.456 e. The van der Waals surface area contributed by atoms with Gasteiger partial charge in [-0.2, -0.15) is 0 Å². The second kappa shape index (κ2) is 10.7. The van der Waals surface area contributed by atoms with Crippen molar-refractivity contribution >= 4 is 23.1 Å². The number of carbonyl (C=O) groups excluding carboxylic acids is 2. The molecule has 1 N–H and O–H groups in total. The number of ketones is 1. The van der Waals surface area contributed by atoms with E-state index in [0.717, 1.165) is 54.2 Å². The lowest BCUT2D eigenvalue weighted by atomic mass is 9.75. The standard InChI is InChI=1S/C33H38N4O3/c1-7-35(8-2)24-15-17-28-30(20-24)40-31-21-25(36(9-3)10-4)16-18-29(31)33(28)27-14-12-11-13-26(27)32(39)37(33)34-22(5)19-23(6)38/h11-21,34H,7-10H2,1-6H3/b22-19-. The molecular formula is C33H38N4O3. The third-order valence-corrected chi connectivity index (χ3v) is 7.98. The van der Waals surface area contributed by atoms with E-state index in [1.807, 2.05) is 24.3 Å². The van der Waals surface area contributed by atoms with Crippen molar-refractivity contribution in [3.63, 3.8) is 0 Å². The van der Waals surface area contributed by atoms with Crippen LogP contribution in [0.15, 0.2) is 72.4 Å². The predicted molar refractivity (Wildman–Crippen MR) is 160 cm³/mol. The van der Waals surface area contributed by atoms with Gasteiger partial charge in [-0.1, -0.05) is 30.3 Å². The number of hydrazine groups is 1. The molecule has 0 bridgehead atoms. The van der Waals surface area contributed by atoms with E-state index in [2.05, 4.69) is 79.3 Å². The number of nitrogens with one attached hydrogen (secondary N) is 1. The van der Waals surface area contributed by atoms with Crippen molar-refractivity contribution in [1.82, 2.24) is 10.4 Å². The van der Waals surface area contributed by atoms with Gasteiger partial charge >= 0.3 is 0 Å². The van der Waals surface area contributed by atoms with Gasteiger partial charge in [-0.25, -0.2) is 5.01 Å². The van der Waals surface area contributed by atoms with Crippen molar-refractivity contribution in [3.8, 4) is 11.5 Å². The summed E-state index contributed by atoms with van der Waals surface area (Å²) in [5.74, 6) is 1.16. The molecule has 0 saturated heterocycles. The molecule has 0 aromatic heterocycles. The molecule has 1 spiro atoms. The fourth-order valence-electron chi connectivity index (χ4n) is 6.18. The first kappa shape index (κ1) is 27.3. The highest BCUT2D eigenvalue weighted by atomic mass is 16.5. The Morgan fingerprint density at radius 3 is 1.85 bits per heavy atom. The molecule has 3 aromatic carbocycles. The van der Waals surface area contributed by atoms with Crippen LogP contribution in [0.5, 0.6) is 11.5 Å². The Morgan fingerprint density at radius 1 is 0.825 bits per heavy atom. The molecule has 2 aliphatic heterocycles. The Labute approximate surface area is 237 Å². The highest BCUT2D eigenvalue weighted by Crippen LogP contribution is 2.57. The van der Waals surface area contributed by atoms with E-state index in [-0.39, 0.29) is 11.7 Å². The number of ether oxygens (including phenoxy) is 1. The minimum atomic E-state index is -1.01. The smallest absolute Gasteiger partial charge is 0.274 e.